The molecule has 32 heavy (non-hydrogen) atoms. The molecule has 11 heteroatoms. The third-order valence-corrected chi connectivity index (χ3v) is 8.56. The van der Waals surface area contributed by atoms with Gasteiger partial charge in [-0.2, -0.15) is 0 Å². The number of furan rings is 1. The van der Waals surface area contributed by atoms with Gasteiger partial charge in [-0.15, -0.1) is 13.2 Å². The van der Waals surface area contributed by atoms with E-state index in [1.165, 1.54) is 19.1 Å². The van der Waals surface area contributed by atoms with Crippen molar-refractivity contribution in [3.8, 4) is 5.75 Å². The molecule has 1 heterocycles. The molecule has 3 aromatic rings. The molecule has 1 aromatic heterocycles. The minimum absolute atomic E-state index is 0.0447. The van der Waals surface area contributed by atoms with Crippen LogP contribution in [0.2, 0.25) is 0 Å². The summed E-state index contributed by atoms with van der Waals surface area (Å²) in [6.07, 6.45) is -4.02. The average molecular weight is 489 g/mol. The first kappa shape index (κ1) is 23.9. The van der Waals surface area contributed by atoms with Crippen molar-refractivity contribution in [2.45, 2.75) is 52.6 Å². The highest BCUT2D eigenvalue weighted by molar-refractivity contribution is 7.94. The second kappa shape index (κ2) is 8.28. The van der Waals surface area contributed by atoms with Crippen LogP contribution < -0.4 is 4.74 Å². The Morgan fingerprint density at radius 1 is 0.844 bits per heavy atom. The highest BCUT2D eigenvalue weighted by Gasteiger charge is 2.35. The zero-order chi connectivity index (χ0) is 23.9. The summed E-state index contributed by atoms with van der Waals surface area (Å²) >= 11 is 0. The molecule has 0 atom stereocenters. The molecule has 0 radical (unpaired) electrons. The molecular formula is C21H19F3O6S2. The summed E-state index contributed by atoms with van der Waals surface area (Å²) in [5, 5.41) is 0. The van der Waals surface area contributed by atoms with E-state index in [9.17, 15) is 30.0 Å². The van der Waals surface area contributed by atoms with Crippen LogP contribution in [0, 0.1) is 6.92 Å². The summed E-state index contributed by atoms with van der Waals surface area (Å²) in [4.78, 5) is -2.10. The smallest absolute Gasteiger partial charge is 0.468 e. The number of alkyl halides is 3. The van der Waals surface area contributed by atoms with Gasteiger partial charge in [0.2, 0.25) is 19.7 Å². The maximum absolute atomic E-state index is 13.3. The van der Waals surface area contributed by atoms with Crippen molar-refractivity contribution in [2.75, 3.05) is 0 Å². The third kappa shape index (κ3) is 4.68. The van der Waals surface area contributed by atoms with E-state index < -0.39 is 41.6 Å². The zero-order valence-electron chi connectivity index (χ0n) is 17.2. The molecule has 0 aliphatic rings. The van der Waals surface area contributed by atoms with Gasteiger partial charge in [0.15, 0.2) is 0 Å². The van der Waals surface area contributed by atoms with Crippen LogP contribution in [0.3, 0.4) is 0 Å². The Hall–Kier alpha value is -2.79. The predicted molar refractivity (Wildman–Crippen MR) is 108 cm³/mol. The molecule has 3 rings (SSSR count). The molecule has 0 amide bonds. The van der Waals surface area contributed by atoms with Crippen LogP contribution >= 0.6 is 0 Å². The molecule has 0 unspecified atom stereocenters. The predicted octanol–water partition coefficient (Wildman–Crippen LogP) is 5.28. The molecule has 6 nitrogen and oxygen atoms in total. The van der Waals surface area contributed by atoms with Gasteiger partial charge in [0, 0.05) is 6.07 Å². The summed E-state index contributed by atoms with van der Waals surface area (Å²) in [5.41, 5.74) is 0.861. The van der Waals surface area contributed by atoms with Gasteiger partial charge in [0.05, 0.1) is 20.9 Å². The Bertz CT molecular complexity index is 1340. The van der Waals surface area contributed by atoms with E-state index in [1.54, 1.807) is 12.1 Å². The second-order valence-corrected chi connectivity index (χ2v) is 11.0. The van der Waals surface area contributed by atoms with E-state index in [2.05, 4.69) is 4.74 Å². The molecule has 0 aliphatic heterocycles. The highest BCUT2D eigenvalue weighted by atomic mass is 32.2. The highest BCUT2D eigenvalue weighted by Crippen LogP contribution is 2.36. The van der Waals surface area contributed by atoms with Gasteiger partial charge in [-0.1, -0.05) is 26.0 Å². The lowest BCUT2D eigenvalue weighted by Gasteiger charge is -2.15. The fourth-order valence-electron chi connectivity index (χ4n) is 3.05. The van der Waals surface area contributed by atoms with Crippen LogP contribution in [0.25, 0.3) is 0 Å². The summed E-state index contributed by atoms with van der Waals surface area (Å²) in [7, 11) is -8.97. The van der Waals surface area contributed by atoms with Crippen LogP contribution in [0.4, 0.5) is 13.2 Å². The Balaban J connectivity index is 2.24. The Kier molecular flexibility index (Phi) is 6.18. The number of benzene rings is 2. The third-order valence-electron chi connectivity index (χ3n) is 4.69. The van der Waals surface area contributed by atoms with Crippen LogP contribution in [-0.4, -0.2) is 23.2 Å². The number of hydrogen-bond donors (Lipinski definition) is 0. The molecule has 0 saturated carbocycles. The van der Waals surface area contributed by atoms with E-state index >= 15 is 0 Å². The molecule has 0 saturated heterocycles. The van der Waals surface area contributed by atoms with Gasteiger partial charge in [-0.05, 0) is 48.7 Å². The zero-order valence-corrected chi connectivity index (χ0v) is 18.8. The standard InChI is InChI=1S/C21H19F3O6S2/c1-13(2)15-4-7-17(8-5-15)31(25,26)19-9-6-16(30-21(22,23)24)12-20(19)32(27,28)18-10-11-29-14(18)3/h4-13H,1-3H3. The van der Waals surface area contributed by atoms with Gasteiger partial charge < -0.3 is 9.15 Å². The van der Waals surface area contributed by atoms with Crippen LogP contribution in [0.5, 0.6) is 5.75 Å². The van der Waals surface area contributed by atoms with E-state index in [-0.39, 0.29) is 21.5 Å². The van der Waals surface area contributed by atoms with Crippen LogP contribution in [0.15, 0.2) is 78.8 Å². The molecule has 0 N–H and O–H groups in total. The van der Waals surface area contributed by atoms with Gasteiger partial charge in [-0.3, -0.25) is 0 Å². The topological polar surface area (TPSA) is 90.7 Å². The Labute approximate surface area is 183 Å². The van der Waals surface area contributed by atoms with Crippen molar-refractivity contribution >= 4 is 19.7 Å². The lowest BCUT2D eigenvalue weighted by molar-refractivity contribution is -0.274. The summed E-state index contributed by atoms with van der Waals surface area (Å²) in [6.45, 7) is 5.17. The fourth-order valence-corrected chi connectivity index (χ4v) is 6.53. The van der Waals surface area contributed by atoms with E-state index in [4.69, 9.17) is 4.42 Å². The van der Waals surface area contributed by atoms with Crippen molar-refractivity contribution in [3.63, 3.8) is 0 Å². The van der Waals surface area contributed by atoms with Crippen molar-refractivity contribution in [1.29, 1.82) is 0 Å². The first-order chi connectivity index (χ1) is 14.7. The van der Waals surface area contributed by atoms with Crippen LogP contribution in [0.1, 0.15) is 31.1 Å². The molecule has 2 aromatic carbocycles. The van der Waals surface area contributed by atoms with Gasteiger partial charge in [0.25, 0.3) is 0 Å². The number of halogens is 3. The second-order valence-electron chi connectivity index (χ2n) is 7.23. The lowest BCUT2D eigenvalue weighted by atomic mass is 10.0. The molecular weight excluding hydrogens is 469 g/mol. The van der Waals surface area contributed by atoms with Gasteiger partial charge in [0.1, 0.15) is 16.4 Å². The van der Waals surface area contributed by atoms with Gasteiger partial charge in [-0.25, -0.2) is 16.8 Å². The minimum Gasteiger partial charge on any atom is -0.468 e. The molecule has 0 spiro atoms. The molecule has 0 aliphatic carbocycles. The van der Waals surface area contributed by atoms with Crippen LogP contribution in [-0.2, 0) is 19.7 Å². The Morgan fingerprint density at radius 2 is 1.47 bits per heavy atom. The lowest BCUT2D eigenvalue weighted by Crippen LogP contribution is -2.18. The SMILES string of the molecule is Cc1occc1S(=O)(=O)c1cc(OC(F)(F)F)ccc1S(=O)(=O)c1ccc(C(C)C)cc1. The number of sulfone groups is 2. The maximum atomic E-state index is 13.3. The van der Waals surface area contributed by atoms with E-state index in [1.807, 2.05) is 13.8 Å². The normalized spacial score (nSPS) is 12.8. The molecule has 172 valence electrons. The fraction of sp³-hybridized carbons (Fsp3) is 0.238. The summed E-state index contributed by atoms with van der Waals surface area (Å²) in [5.74, 6) is -0.784. The van der Waals surface area contributed by atoms with Crippen molar-refractivity contribution in [1.82, 2.24) is 0 Å². The largest absolute Gasteiger partial charge is 0.573 e. The number of aryl methyl sites for hydroxylation is 1. The first-order valence-electron chi connectivity index (χ1n) is 9.27. The minimum atomic E-state index is -5.10. The first-order valence-corrected chi connectivity index (χ1v) is 12.2. The molecule has 0 fully saturated rings. The monoisotopic (exact) mass is 488 g/mol. The average Bonchev–Trinajstić information content (AvgIpc) is 3.13. The van der Waals surface area contributed by atoms with E-state index in [0.717, 1.165) is 30.0 Å². The maximum Gasteiger partial charge on any atom is 0.573 e. The quantitative estimate of drug-likeness (QED) is 0.469. The summed E-state index contributed by atoms with van der Waals surface area (Å²) < 4.78 is 99.9. The van der Waals surface area contributed by atoms with Gasteiger partial charge >= 0.3 is 6.36 Å². The van der Waals surface area contributed by atoms with Crippen molar-refractivity contribution in [3.05, 3.63) is 66.1 Å². The van der Waals surface area contributed by atoms with Crippen molar-refractivity contribution in [2.24, 2.45) is 0 Å². The van der Waals surface area contributed by atoms with Crippen molar-refractivity contribution < 1.29 is 39.2 Å². The number of hydrogen-bond acceptors (Lipinski definition) is 6. The Morgan fingerprint density at radius 3 is 1.97 bits per heavy atom. The summed E-state index contributed by atoms with van der Waals surface area (Å²) in [6, 6.07) is 9.01. The molecule has 0 bridgehead atoms. The number of ether oxygens (including phenoxy) is 1. The van der Waals surface area contributed by atoms with E-state index in [0.29, 0.717) is 6.07 Å². The number of rotatable bonds is 6.